The SMILES string of the molecule is C[C@@H](Cc1ccc(O)cc1)NC(=O)c1cccc2[nH]ccc12. The average molecular weight is 294 g/mol. The van der Waals surface area contributed by atoms with E-state index in [9.17, 15) is 9.90 Å². The number of rotatable bonds is 4. The van der Waals surface area contributed by atoms with Crippen LogP contribution in [0.4, 0.5) is 0 Å². The molecule has 4 heteroatoms. The van der Waals surface area contributed by atoms with Crippen molar-refractivity contribution in [2.45, 2.75) is 19.4 Å². The second kappa shape index (κ2) is 5.93. The van der Waals surface area contributed by atoms with E-state index in [0.29, 0.717) is 5.56 Å². The highest BCUT2D eigenvalue weighted by Crippen LogP contribution is 2.17. The van der Waals surface area contributed by atoms with Crippen molar-refractivity contribution in [1.29, 1.82) is 0 Å². The molecule has 1 heterocycles. The molecule has 112 valence electrons. The molecule has 0 spiro atoms. The Kier molecular flexibility index (Phi) is 3.83. The van der Waals surface area contributed by atoms with Gasteiger partial charge in [-0.25, -0.2) is 0 Å². The molecule has 0 aliphatic rings. The molecule has 0 radical (unpaired) electrons. The number of H-pyrrole nitrogens is 1. The van der Waals surface area contributed by atoms with Crippen molar-refractivity contribution in [3.8, 4) is 5.75 Å². The molecule has 0 aliphatic carbocycles. The predicted molar refractivity (Wildman–Crippen MR) is 87.0 cm³/mol. The van der Waals surface area contributed by atoms with Gasteiger partial charge in [-0.1, -0.05) is 18.2 Å². The molecule has 3 aromatic rings. The number of aromatic amines is 1. The Labute approximate surface area is 128 Å². The predicted octanol–water partition coefficient (Wildman–Crippen LogP) is 3.23. The normalized spacial score (nSPS) is 12.2. The van der Waals surface area contributed by atoms with E-state index >= 15 is 0 Å². The zero-order chi connectivity index (χ0) is 15.5. The number of aromatic hydroxyl groups is 1. The zero-order valence-electron chi connectivity index (χ0n) is 12.3. The summed E-state index contributed by atoms with van der Waals surface area (Å²) in [5.41, 5.74) is 2.71. The van der Waals surface area contributed by atoms with Crippen LogP contribution in [0.5, 0.6) is 5.75 Å². The average Bonchev–Trinajstić information content (AvgIpc) is 2.97. The molecule has 0 aliphatic heterocycles. The fourth-order valence-electron chi connectivity index (χ4n) is 2.62. The molecule has 4 nitrogen and oxygen atoms in total. The second-order valence-electron chi connectivity index (χ2n) is 5.49. The number of carbonyl (C=O) groups excluding carboxylic acids is 1. The van der Waals surface area contributed by atoms with Crippen LogP contribution >= 0.6 is 0 Å². The van der Waals surface area contributed by atoms with Gasteiger partial charge in [0.2, 0.25) is 0 Å². The molecule has 3 N–H and O–H groups in total. The molecular weight excluding hydrogens is 276 g/mol. The maximum absolute atomic E-state index is 12.4. The first-order chi connectivity index (χ1) is 10.6. The van der Waals surface area contributed by atoms with Gasteiger partial charge in [0, 0.05) is 28.7 Å². The number of aromatic nitrogens is 1. The van der Waals surface area contributed by atoms with E-state index < -0.39 is 0 Å². The quantitative estimate of drug-likeness (QED) is 0.691. The third-order valence-corrected chi connectivity index (χ3v) is 3.70. The van der Waals surface area contributed by atoms with Gasteiger partial charge < -0.3 is 15.4 Å². The number of phenolic OH excluding ortho intramolecular Hbond substituents is 1. The van der Waals surface area contributed by atoms with E-state index in [1.165, 1.54) is 0 Å². The first kappa shape index (κ1) is 14.2. The minimum atomic E-state index is -0.0727. The van der Waals surface area contributed by atoms with Crippen molar-refractivity contribution in [1.82, 2.24) is 10.3 Å². The van der Waals surface area contributed by atoms with E-state index in [2.05, 4.69) is 10.3 Å². The molecule has 1 amide bonds. The molecule has 2 aromatic carbocycles. The summed E-state index contributed by atoms with van der Waals surface area (Å²) in [7, 11) is 0. The lowest BCUT2D eigenvalue weighted by Crippen LogP contribution is -2.34. The van der Waals surface area contributed by atoms with E-state index in [1.807, 2.05) is 49.5 Å². The van der Waals surface area contributed by atoms with Gasteiger partial charge in [-0.2, -0.15) is 0 Å². The largest absolute Gasteiger partial charge is 0.508 e. The van der Waals surface area contributed by atoms with Crippen LogP contribution in [0.25, 0.3) is 10.9 Å². The van der Waals surface area contributed by atoms with Crippen LogP contribution in [0.2, 0.25) is 0 Å². The van der Waals surface area contributed by atoms with Gasteiger partial charge in [-0.05, 0) is 49.2 Å². The molecule has 0 bridgehead atoms. The number of nitrogens with one attached hydrogen (secondary N) is 2. The Hall–Kier alpha value is -2.75. The lowest BCUT2D eigenvalue weighted by atomic mass is 10.1. The van der Waals surface area contributed by atoms with Gasteiger partial charge >= 0.3 is 0 Å². The van der Waals surface area contributed by atoms with Crippen LogP contribution in [0.3, 0.4) is 0 Å². The van der Waals surface area contributed by atoms with Crippen LogP contribution in [0.1, 0.15) is 22.8 Å². The summed E-state index contributed by atoms with van der Waals surface area (Å²) in [6.07, 6.45) is 2.55. The van der Waals surface area contributed by atoms with Crippen molar-refractivity contribution in [3.05, 3.63) is 65.9 Å². The van der Waals surface area contributed by atoms with Crippen molar-refractivity contribution in [3.63, 3.8) is 0 Å². The Bertz CT molecular complexity index is 790. The number of carbonyl (C=O) groups is 1. The van der Waals surface area contributed by atoms with Gasteiger partial charge in [0.15, 0.2) is 0 Å². The van der Waals surface area contributed by atoms with Crippen molar-refractivity contribution < 1.29 is 9.90 Å². The van der Waals surface area contributed by atoms with Gasteiger partial charge in [0.05, 0.1) is 0 Å². The molecule has 0 saturated heterocycles. The van der Waals surface area contributed by atoms with E-state index in [1.54, 1.807) is 12.1 Å². The lowest BCUT2D eigenvalue weighted by Gasteiger charge is -2.14. The van der Waals surface area contributed by atoms with Crippen molar-refractivity contribution >= 4 is 16.8 Å². The third-order valence-electron chi connectivity index (χ3n) is 3.70. The minimum Gasteiger partial charge on any atom is -0.508 e. The topological polar surface area (TPSA) is 65.1 Å². The summed E-state index contributed by atoms with van der Waals surface area (Å²) in [4.78, 5) is 15.6. The summed E-state index contributed by atoms with van der Waals surface area (Å²) in [6.45, 7) is 1.97. The van der Waals surface area contributed by atoms with Crippen LogP contribution in [-0.4, -0.2) is 22.0 Å². The Morgan fingerprint density at radius 2 is 1.95 bits per heavy atom. The summed E-state index contributed by atoms with van der Waals surface area (Å²) in [5, 5.41) is 13.2. The molecule has 1 atom stereocenters. The molecule has 0 saturated carbocycles. The standard InChI is InChI=1S/C18H18N2O2/c1-12(11-13-5-7-14(21)8-6-13)20-18(22)16-3-2-4-17-15(16)9-10-19-17/h2-10,12,19,21H,11H2,1H3,(H,20,22)/t12-/m0/s1. The summed E-state index contributed by atoms with van der Waals surface area (Å²) < 4.78 is 0. The third kappa shape index (κ3) is 2.96. The van der Waals surface area contributed by atoms with Crippen LogP contribution in [0.15, 0.2) is 54.7 Å². The number of benzene rings is 2. The number of hydrogen-bond donors (Lipinski definition) is 3. The lowest BCUT2D eigenvalue weighted by molar-refractivity contribution is 0.0942. The Morgan fingerprint density at radius 3 is 2.73 bits per heavy atom. The van der Waals surface area contributed by atoms with Crippen LogP contribution < -0.4 is 5.32 Å². The molecule has 22 heavy (non-hydrogen) atoms. The maximum atomic E-state index is 12.4. The van der Waals surface area contributed by atoms with Crippen molar-refractivity contribution in [2.24, 2.45) is 0 Å². The van der Waals surface area contributed by atoms with E-state index in [-0.39, 0.29) is 17.7 Å². The molecule has 0 fully saturated rings. The van der Waals surface area contributed by atoms with Gasteiger partial charge in [0.1, 0.15) is 5.75 Å². The fraction of sp³-hybridized carbons (Fsp3) is 0.167. The minimum absolute atomic E-state index is 0.00578. The second-order valence-corrected chi connectivity index (χ2v) is 5.49. The zero-order valence-corrected chi connectivity index (χ0v) is 12.3. The first-order valence-electron chi connectivity index (χ1n) is 7.28. The Balaban J connectivity index is 1.71. The molecule has 3 rings (SSSR count). The van der Waals surface area contributed by atoms with Crippen LogP contribution in [0, 0.1) is 0 Å². The van der Waals surface area contributed by atoms with Crippen molar-refractivity contribution in [2.75, 3.05) is 0 Å². The summed E-state index contributed by atoms with van der Waals surface area (Å²) in [5.74, 6) is 0.177. The number of hydrogen-bond acceptors (Lipinski definition) is 2. The smallest absolute Gasteiger partial charge is 0.252 e. The van der Waals surface area contributed by atoms with E-state index in [4.69, 9.17) is 0 Å². The van der Waals surface area contributed by atoms with E-state index in [0.717, 1.165) is 22.9 Å². The highest BCUT2D eigenvalue weighted by Gasteiger charge is 2.13. The summed E-state index contributed by atoms with van der Waals surface area (Å²) >= 11 is 0. The molecular formula is C18H18N2O2. The Morgan fingerprint density at radius 1 is 1.18 bits per heavy atom. The number of amides is 1. The molecule has 1 aromatic heterocycles. The van der Waals surface area contributed by atoms with Gasteiger partial charge in [-0.3, -0.25) is 4.79 Å². The van der Waals surface area contributed by atoms with Crippen LogP contribution in [-0.2, 0) is 6.42 Å². The highest BCUT2D eigenvalue weighted by atomic mass is 16.3. The van der Waals surface area contributed by atoms with Gasteiger partial charge in [-0.15, -0.1) is 0 Å². The monoisotopic (exact) mass is 294 g/mol. The maximum Gasteiger partial charge on any atom is 0.252 e. The highest BCUT2D eigenvalue weighted by molar-refractivity contribution is 6.06. The molecule has 0 unspecified atom stereocenters. The number of phenols is 1. The first-order valence-corrected chi connectivity index (χ1v) is 7.28. The fourth-order valence-corrected chi connectivity index (χ4v) is 2.62. The number of fused-ring (bicyclic) bond motifs is 1. The van der Waals surface area contributed by atoms with Gasteiger partial charge in [0.25, 0.3) is 5.91 Å². The summed E-state index contributed by atoms with van der Waals surface area (Å²) in [6, 6.07) is 14.6.